The zero-order valence-electron chi connectivity index (χ0n) is 32.3. The lowest BCUT2D eigenvalue weighted by atomic mass is 10.0. The van der Waals surface area contributed by atoms with Crippen molar-refractivity contribution >= 4 is 34.8 Å². The van der Waals surface area contributed by atoms with E-state index in [1.165, 1.54) is 14.2 Å². The van der Waals surface area contributed by atoms with Gasteiger partial charge in [0.25, 0.3) is 0 Å². The van der Waals surface area contributed by atoms with Crippen LogP contribution in [0.3, 0.4) is 0 Å². The highest BCUT2D eigenvalue weighted by Gasteiger charge is 2.42. The Morgan fingerprint density at radius 2 is 1.24 bits per heavy atom. The number of amides is 4. The standard InChI is InChI=1S/C40H52N8O6/c1-21(2)33(45-39(51)53-7)37(49)47-20-23(5)15-32(47)36-42-19-30(44-36)28-13-11-25-16-27(12-10-26(25)17-28)29-18-41-35(43-29)31-14-9-24(6)48(31)38(50)34(22(3)4)46-40(52)54-8/h10-13,16-19,21-24,31-34H,9,14-15,20H2,1-8H3,(H,41,43)(H,42,44)(H,45,51)(H,46,52)/t23-,24+,31+,32+,33+,34+/m1/s1. The second kappa shape index (κ2) is 15.9. The largest absolute Gasteiger partial charge is 0.453 e. The molecule has 6 atom stereocenters. The van der Waals surface area contributed by atoms with E-state index < -0.39 is 24.3 Å². The summed E-state index contributed by atoms with van der Waals surface area (Å²) in [6, 6.07) is 10.6. The minimum atomic E-state index is -0.710. The lowest BCUT2D eigenvalue weighted by Crippen LogP contribution is -2.52. The monoisotopic (exact) mass is 740 g/mol. The van der Waals surface area contributed by atoms with Crippen molar-refractivity contribution in [2.75, 3.05) is 20.8 Å². The first-order valence-electron chi connectivity index (χ1n) is 18.8. The molecule has 4 N–H and O–H groups in total. The fraction of sp³-hybridized carbons (Fsp3) is 0.500. The summed E-state index contributed by atoms with van der Waals surface area (Å²) in [5, 5.41) is 7.52. The molecule has 0 bridgehead atoms. The van der Waals surface area contributed by atoms with E-state index in [9.17, 15) is 19.2 Å². The van der Waals surface area contributed by atoms with Crippen molar-refractivity contribution in [1.82, 2.24) is 40.4 Å². The summed E-state index contributed by atoms with van der Waals surface area (Å²) >= 11 is 0. The van der Waals surface area contributed by atoms with E-state index in [4.69, 9.17) is 19.4 Å². The minimum absolute atomic E-state index is 0.00622. The number of carbonyl (C=O) groups excluding carboxylic acids is 4. The number of alkyl carbamates (subject to hydrolysis) is 2. The number of aromatic amines is 2. The number of hydrogen-bond acceptors (Lipinski definition) is 8. The number of benzene rings is 2. The highest BCUT2D eigenvalue weighted by atomic mass is 16.5. The predicted octanol–water partition coefficient (Wildman–Crippen LogP) is 6.34. The van der Waals surface area contributed by atoms with Crippen LogP contribution < -0.4 is 10.6 Å². The van der Waals surface area contributed by atoms with Gasteiger partial charge >= 0.3 is 12.2 Å². The Labute approximate surface area is 315 Å². The van der Waals surface area contributed by atoms with E-state index >= 15 is 0 Å². The van der Waals surface area contributed by atoms with Crippen LogP contribution in [0.2, 0.25) is 0 Å². The van der Waals surface area contributed by atoms with E-state index in [1.54, 1.807) is 0 Å². The number of rotatable bonds is 10. The molecule has 2 aromatic carbocycles. The van der Waals surface area contributed by atoms with Crippen molar-refractivity contribution < 1.29 is 28.7 Å². The zero-order chi connectivity index (χ0) is 38.8. The van der Waals surface area contributed by atoms with Crippen LogP contribution in [-0.4, -0.2) is 92.6 Å². The van der Waals surface area contributed by atoms with Gasteiger partial charge in [-0.3, -0.25) is 9.59 Å². The molecule has 0 saturated carbocycles. The van der Waals surface area contributed by atoms with Gasteiger partial charge in [-0.2, -0.15) is 0 Å². The fourth-order valence-electron chi connectivity index (χ4n) is 7.80. The number of fused-ring (bicyclic) bond motifs is 1. The summed E-state index contributed by atoms with van der Waals surface area (Å²) in [5.74, 6) is 1.16. The van der Waals surface area contributed by atoms with E-state index in [2.05, 4.69) is 51.8 Å². The number of nitrogens with zero attached hydrogens (tertiary/aromatic N) is 4. The number of hydrogen-bond donors (Lipinski definition) is 4. The van der Waals surface area contributed by atoms with Gasteiger partial charge in [0.15, 0.2) is 0 Å². The number of imidazole rings is 2. The normalized spacial score (nSPS) is 21.1. The van der Waals surface area contributed by atoms with Crippen LogP contribution in [0.1, 0.15) is 84.5 Å². The first kappa shape index (κ1) is 38.3. The molecule has 288 valence electrons. The third-order valence-electron chi connectivity index (χ3n) is 10.8. The number of likely N-dealkylation sites (tertiary alicyclic amines) is 2. The second-order valence-corrected chi connectivity index (χ2v) is 15.4. The molecule has 6 rings (SSSR count). The molecule has 2 aliphatic heterocycles. The van der Waals surface area contributed by atoms with Crippen LogP contribution in [0.4, 0.5) is 9.59 Å². The van der Waals surface area contributed by atoms with Gasteiger partial charge in [-0.25, -0.2) is 19.6 Å². The average molecular weight is 741 g/mol. The van der Waals surface area contributed by atoms with E-state index in [-0.39, 0.29) is 47.7 Å². The van der Waals surface area contributed by atoms with Gasteiger partial charge < -0.3 is 39.9 Å². The van der Waals surface area contributed by atoms with Crippen molar-refractivity contribution in [2.45, 2.75) is 91.0 Å². The lowest BCUT2D eigenvalue weighted by Gasteiger charge is -2.32. The summed E-state index contributed by atoms with van der Waals surface area (Å²) in [7, 11) is 2.58. The van der Waals surface area contributed by atoms with Crippen LogP contribution in [0.5, 0.6) is 0 Å². The van der Waals surface area contributed by atoms with Gasteiger partial charge in [-0.15, -0.1) is 0 Å². The highest BCUT2D eigenvalue weighted by Crippen LogP contribution is 2.38. The Bertz CT molecular complexity index is 1920. The topological polar surface area (TPSA) is 175 Å². The van der Waals surface area contributed by atoms with E-state index in [1.807, 2.05) is 68.9 Å². The number of carbonyl (C=O) groups is 4. The Hall–Kier alpha value is -5.40. The molecule has 2 aromatic heterocycles. The summed E-state index contributed by atoms with van der Waals surface area (Å²) in [6.45, 7) is 12.3. The Morgan fingerprint density at radius 3 is 1.74 bits per heavy atom. The van der Waals surface area contributed by atoms with Crippen LogP contribution >= 0.6 is 0 Å². The molecule has 4 heterocycles. The lowest BCUT2D eigenvalue weighted by molar-refractivity contribution is -0.137. The molecule has 14 heteroatoms. The van der Waals surface area contributed by atoms with Crippen molar-refractivity contribution in [3.63, 3.8) is 0 Å². The maximum atomic E-state index is 13.8. The minimum Gasteiger partial charge on any atom is -0.453 e. The predicted molar refractivity (Wildman–Crippen MR) is 204 cm³/mol. The zero-order valence-corrected chi connectivity index (χ0v) is 32.3. The molecule has 0 unspecified atom stereocenters. The van der Waals surface area contributed by atoms with Gasteiger partial charge in [0, 0.05) is 23.7 Å². The molecule has 4 amide bonds. The molecular weight excluding hydrogens is 688 g/mol. The molecule has 0 aliphatic carbocycles. The first-order chi connectivity index (χ1) is 25.8. The van der Waals surface area contributed by atoms with Crippen LogP contribution in [0.25, 0.3) is 33.3 Å². The first-order valence-corrected chi connectivity index (χ1v) is 18.8. The maximum Gasteiger partial charge on any atom is 0.407 e. The van der Waals surface area contributed by atoms with Crippen molar-refractivity contribution in [3.8, 4) is 22.5 Å². The van der Waals surface area contributed by atoms with Crippen LogP contribution in [-0.2, 0) is 19.1 Å². The van der Waals surface area contributed by atoms with E-state index in [0.717, 1.165) is 52.5 Å². The molecular formula is C40H52N8O6. The molecule has 0 radical (unpaired) electrons. The number of aromatic nitrogens is 4. The third kappa shape index (κ3) is 7.78. The van der Waals surface area contributed by atoms with Crippen molar-refractivity contribution in [2.24, 2.45) is 17.8 Å². The summed E-state index contributed by atoms with van der Waals surface area (Å²) in [5.41, 5.74) is 3.63. The number of ether oxygens (including phenoxy) is 2. The van der Waals surface area contributed by atoms with Crippen molar-refractivity contribution in [1.29, 1.82) is 0 Å². The third-order valence-corrected chi connectivity index (χ3v) is 10.8. The van der Waals surface area contributed by atoms with E-state index in [0.29, 0.717) is 18.2 Å². The summed E-state index contributed by atoms with van der Waals surface area (Å²) < 4.78 is 9.56. The number of nitrogens with one attached hydrogen (secondary N) is 4. The Balaban J connectivity index is 1.19. The SMILES string of the molecule is COC(=O)N[C@H](C(=O)N1C[C@H](C)C[C@H]1c1ncc(-c2ccc3cc(-c4cnc([C@@H]5CC[C@H](C)N5C(=O)[C@@H](NC(=O)OC)C(C)C)[nH]4)ccc3c2)[nH]1)C(C)C. The van der Waals surface area contributed by atoms with Gasteiger partial charge in [-0.1, -0.05) is 58.9 Å². The van der Waals surface area contributed by atoms with Gasteiger partial charge in [0.1, 0.15) is 23.7 Å². The summed E-state index contributed by atoms with van der Waals surface area (Å²) in [6.07, 6.45) is 4.71. The molecule has 14 nitrogen and oxygen atoms in total. The summed E-state index contributed by atoms with van der Waals surface area (Å²) in [4.78, 5) is 71.6. The molecule has 0 spiro atoms. The quantitative estimate of drug-likeness (QED) is 0.146. The van der Waals surface area contributed by atoms with Gasteiger partial charge in [-0.05, 0) is 66.8 Å². The van der Waals surface area contributed by atoms with Crippen LogP contribution in [0.15, 0.2) is 48.8 Å². The van der Waals surface area contributed by atoms with Gasteiger partial charge in [0.2, 0.25) is 11.8 Å². The molecule has 2 fully saturated rings. The number of methoxy groups -OCH3 is 2. The van der Waals surface area contributed by atoms with Gasteiger partial charge in [0.05, 0.1) is 50.1 Å². The maximum absolute atomic E-state index is 13.8. The molecule has 4 aromatic rings. The van der Waals surface area contributed by atoms with Crippen LogP contribution in [0, 0.1) is 17.8 Å². The molecule has 2 saturated heterocycles. The molecule has 54 heavy (non-hydrogen) atoms. The average Bonchev–Trinajstić information content (AvgIpc) is 3.98. The smallest absolute Gasteiger partial charge is 0.407 e. The second-order valence-electron chi connectivity index (χ2n) is 15.4. The number of H-pyrrole nitrogens is 2. The fourth-order valence-corrected chi connectivity index (χ4v) is 7.80. The highest BCUT2D eigenvalue weighted by molar-refractivity contribution is 5.90. The Kier molecular flexibility index (Phi) is 11.3. The molecule has 2 aliphatic rings. The van der Waals surface area contributed by atoms with Crippen molar-refractivity contribution in [3.05, 3.63) is 60.4 Å². The Morgan fingerprint density at radius 1 is 0.741 bits per heavy atom.